The molecule has 0 fully saturated rings. The summed E-state index contributed by atoms with van der Waals surface area (Å²) in [5, 5.41) is 0. The highest BCUT2D eigenvalue weighted by Gasteiger charge is 2.04. The molecular formula is C13H11Br2NO. The average Bonchev–Trinajstić information content (AvgIpc) is 2.21. The second-order valence-corrected chi connectivity index (χ2v) is 5.53. The van der Waals surface area contributed by atoms with E-state index < -0.39 is 0 Å². The smallest absolute Gasteiger partial charge is 0.141 e. The Balaban J connectivity index is 2.31. The van der Waals surface area contributed by atoms with E-state index in [0.29, 0.717) is 5.69 Å². The summed E-state index contributed by atoms with van der Waals surface area (Å²) >= 11 is 6.85. The summed E-state index contributed by atoms with van der Waals surface area (Å²) in [7, 11) is 0. The molecule has 0 amide bonds. The Morgan fingerprint density at radius 3 is 2.47 bits per heavy atom. The van der Waals surface area contributed by atoms with E-state index in [9.17, 15) is 0 Å². The summed E-state index contributed by atoms with van der Waals surface area (Å²) in [6, 6.07) is 11.4. The topological polar surface area (TPSA) is 35.2 Å². The normalized spacial score (nSPS) is 10.3. The highest BCUT2D eigenvalue weighted by atomic mass is 79.9. The summed E-state index contributed by atoms with van der Waals surface area (Å²) in [6.07, 6.45) is 0. The van der Waals surface area contributed by atoms with Crippen molar-refractivity contribution in [2.75, 3.05) is 5.73 Å². The Morgan fingerprint density at radius 2 is 1.82 bits per heavy atom. The zero-order valence-electron chi connectivity index (χ0n) is 9.21. The minimum atomic E-state index is 0.702. The molecule has 2 aromatic rings. The number of rotatable bonds is 2. The van der Waals surface area contributed by atoms with E-state index in [-0.39, 0.29) is 0 Å². The number of halogens is 2. The number of hydrogen-bond donors (Lipinski definition) is 1. The van der Waals surface area contributed by atoms with Crippen LogP contribution in [0.1, 0.15) is 5.56 Å². The van der Waals surface area contributed by atoms with Crippen molar-refractivity contribution < 1.29 is 4.74 Å². The van der Waals surface area contributed by atoms with Gasteiger partial charge in [-0.1, -0.05) is 15.9 Å². The lowest BCUT2D eigenvalue weighted by Crippen LogP contribution is -1.90. The van der Waals surface area contributed by atoms with Crippen LogP contribution in [0.5, 0.6) is 11.5 Å². The third-order valence-corrected chi connectivity index (χ3v) is 3.31. The van der Waals surface area contributed by atoms with Crippen molar-refractivity contribution in [3.63, 3.8) is 0 Å². The molecule has 0 saturated heterocycles. The van der Waals surface area contributed by atoms with Gasteiger partial charge < -0.3 is 10.5 Å². The van der Waals surface area contributed by atoms with Crippen LogP contribution >= 0.6 is 31.9 Å². The first kappa shape index (κ1) is 12.5. The number of anilines is 1. The molecule has 0 aliphatic rings. The van der Waals surface area contributed by atoms with Gasteiger partial charge in [0.05, 0.1) is 4.47 Å². The van der Waals surface area contributed by atoms with E-state index in [1.165, 1.54) is 0 Å². The van der Waals surface area contributed by atoms with Crippen molar-refractivity contribution in [3.05, 3.63) is 50.9 Å². The van der Waals surface area contributed by atoms with Gasteiger partial charge in [0.1, 0.15) is 11.5 Å². The zero-order chi connectivity index (χ0) is 12.4. The van der Waals surface area contributed by atoms with E-state index in [2.05, 4.69) is 31.9 Å². The number of aryl methyl sites for hydroxylation is 1. The first-order chi connectivity index (χ1) is 8.04. The molecule has 0 aliphatic carbocycles. The maximum atomic E-state index is 5.78. The maximum Gasteiger partial charge on any atom is 0.141 e. The molecule has 2 N–H and O–H groups in total. The molecule has 4 heteroatoms. The average molecular weight is 357 g/mol. The summed E-state index contributed by atoms with van der Waals surface area (Å²) in [5.41, 5.74) is 7.56. The second-order valence-electron chi connectivity index (χ2n) is 3.76. The summed E-state index contributed by atoms with van der Waals surface area (Å²) in [6.45, 7) is 1.99. The van der Waals surface area contributed by atoms with Crippen LogP contribution in [0.25, 0.3) is 0 Å². The Bertz CT molecular complexity index is 535. The predicted molar refractivity (Wildman–Crippen MR) is 77.5 cm³/mol. The van der Waals surface area contributed by atoms with Gasteiger partial charge in [0.2, 0.25) is 0 Å². The number of benzene rings is 2. The molecular weight excluding hydrogens is 346 g/mol. The molecule has 0 heterocycles. The van der Waals surface area contributed by atoms with Crippen molar-refractivity contribution in [1.29, 1.82) is 0 Å². The molecule has 88 valence electrons. The Morgan fingerprint density at radius 1 is 1.06 bits per heavy atom. The lowest BCUT2D eigenvalue weighted by atomic mass is 10.2. The first-order valence-corrected chi connectivity index (χ1v) is 6.63. The molecule has 0 radical (unpaired) electrons. The van der Waals surface area contributed by atoms with E-state index in [0.717, 1.165) is 26.0 Å². The largest absolute Gasteiger partial charge is 0.456 e. The fraction of sp³-hybridized carbons (Fsp3) is 0.0769. The summed E-state index contributed by atoms with van der Waals surface area (Å²) in [4.78, 5) is 0. The van der Waals surface area contributed by atoms with E-state index >= 15 is 0 Å². The molecule has 0 aliphatic heterocycles. The van der Waals surface area contributed by atoms with E-state index in [4.69, 9.17) is 10.5 Å². The van der Waals surface area contributed by atoms with Gasteiger partial charge >= 0.3 is 0 Å². The minimum Gasteiger partial charge on any atom is -0.456 e. The SMILES string of the molecule is Cc1cc(N)cc(Oc2ccc(Br)cc2Br)c1. The first-order valence-electron chi connectivity index (χ1n) is 5.04. The molecule has 0 saturated carbocycles. The van der Waals surface area contributed by atoms with Crippen molar-refractivity contribution in [2.45, 2.75) is 6.92 Å². The summed E-state index contributed by atoms with van der Waals surface area (Å²) in [5.74, 6) is 1.50. The van der Waals surface area contributed by atoms with Crippen molar-refractivity contribution >= 4 is 37.5 Å². The van der Waals surface area contributed by atoms with Gasteiger partial charge in [-0.05, 0) is 58.7 Å². The molecule has 0 aromatic heterocycles. The molecule has 2 aromatic carbocycles. The second kappa shape index (κ2) is 5.10. The third-order valence-electron chi connectivity index (χ3n) is 2.19. The molecule has 0 atom stereocenters. The van der Waals surface area contributed by atoms with E-state index in [1.807, 2.05) is 43.3 Å². The number of ether oxygens (including phenoxy) is 1. The van der Waals surface area contributed by atoms with Crippen molar-refractivity contribution in [1.82, 2.24) is 0 Å². The van der Waals surface area contributed by atoms with Crippen LogP contribution in [0.15, 0.2) is 45.3 Å². The van der Waals surface area contributed by atoms with Crippen LogP contribution < -0.4 is 10.5 Å². The Kier molecular flexibility index (Phi) is 3.74. The van der Waals surface area contributed by atoms with Crippen molar-refractivity contribution in [3.8, 4) is 11.5 Å². The standard InChI is InChI=1S/C13H11Br2NO/c1-8-4-10(16)7-11(5-8)17-13-3-2-9(14)6-12(13)15/h2-7H,16H2,1H3. The lowest BCUT2D eigenvalue weighted by molar-refractivity contribution is 0.479. The van der Waals surface area contributed by atoms with Crippen LogP contribution in [-0.2, 0) is 0 Å². The fourth-order valence-electron chi connectivity index (χ4n) is 1.52. The quantitative estimate of drug-likeness (QED) is 0.777. The van der Waals surface area contributed by atoms with Gasteiger partial charge in [0.15, 0.2) is 0 Å². The molecule has 2 rings (SSSR count). The third kappa shape index (κ3) is 3.23. The van der Waals surface area contributed by atoms with Gasteiger partial charge in [0, 0.05) is 16.2 Å². The number of nitrogen functional groups attached to an aromatic ring is 1. The van der Waals surface area contributed by atoms with Crippen LogP contribution in [0, 0.1) is 6.92 Å². The highest BCUT2D eigenvalue weighted by molar-refractivity contribution is 9.11. The molecule has 0 spiro atoms. The molecule has 2 nitrogen and oxygen atoms in total. The van der Waals surface area contributed by atoms with Crippen LogP contribution in [0.3, 0.4) is 0 Å². The minimum absolute atomic E-state index is 0.702. The van der Waals surface area contributed by atoms with Gasteiger partial charge in [-0.2, -0.15) is 0 Å². The van der Waals surface area contributed by atoms with Gasteiger partial charge in [-0.15, -0.1) is 0 Å². The molecule has 0 unspecified atom stereocenters. The number of hydrogen-bond acceptors (Lipinski definition) is 2. The van der Waals surface area contributed by atoms with Crippen LogP contribution in [0.4, 0.5) is 5.69 Å². The fourth-order valence-corrected chi connectivity index (χ4v) is 2.65. The summed E-state index contributed by atoms with van der Waals surface area (Å²) < 4.78 is 7.67. The highest BCUT2D eigenvalue weighted by Crippen LogP contribution is 2.32. The number of nitrogens with two attached hydrogens (primary N) is 1. The Hall–Kier alpha value is -1.000. The van der Waals surface area contributed by atoms with Gasteiger partial charge in [-0.25, -0.2) is 0 Å². The molecule has 0 bridgehead atoms. The Labute approximate surface area is 117 Å². The van der Waals surface area contributed by atoms with Gasteiger partial charge in [-0.3, -0.25) is 0 Å². The van der Waals surface area contributed by atoms with Gasteiger partial charge in [0.25, 0.3) is 0 Å². The maximum absolute atomic E-state index is 5.78. The van der Waals surface area contributed by atoms with Crippen LogP contribution in [-0.4, -0.2) is 0 Å². The molecule has 17 heavy (non-hydrogen) atoms. The van der Waals surface area contributed by atoms with Crippen LogP contribution in [0.2, 0.25) is 0 Å². The zero-order valence-corrected chi connectivity index (χ0v) is 12.4. The van der Waals surface area contributed by atoms with Crippen molar-refractivity contribution in [2.24, 2.45) is 0 Å². The monoisotopic (exact) mass is 355 g/mol. The predicted octanol–water partition coefficient (Wildman–Crippen LogP) is 4.89. The van der Waals surface area contributed by atoms with E-state index in [1.54, 1.807) is 0 Å². The lowest BCUT2D eigenvalue weighted by Gasteiger charge is -2.09.